The predicted molar refractivity (Wildman–Crippen MR) is 72.7 cm³/mol. The molecule has 0 radical (unpaired) electrons. The van der Waals surface area contributed by atoms with Crippen molar-refractivity contribution in [2.75, 3.05) is 0 Å². The number of hydrogen-bond donors (Lipinski definition) is 2. The normalized spacial score (nSPS) is 25.0. The molecular weight excluding hydrogens is 318 g/mol. The van der Waals surface area contributed by atoms with Crippen molar-refractivity contribution in [3.63, 3.8) is 0 Å². The maximum absolute atomic E-state index is 12.2. The minimum atomic E-state index is -3.56. The van der Waals surface area contributed by atoms with Gasteiger partial charge in [0, 0.05) is 10.5 Å². The van der Waals surface area contributed by atoms with Gasteiger partial charge in [-0.25, -0.2) is 13.1 Å². The summed E-state index contributed by atoms with van der Waals surface area (Å²) in [4.78, 5) is 0.217. The van der Waals surface area contributed by atoms with Crippen LogP contribution in [-0.2, 0) is 10.0 Å². The summed E-state index contributed by atoms with van der Waals surface area (Å²) in [6.07, 6.45) is 2.67. The van der Waals surface area contributed by atoms with E-state index in [4.69, 9.17) is 0 Å². The molecule has 1 aromatic rings. The molecule has 1 aliphatic carbocycles. The van der Waals surface area contributed by atoms with E-state index in [9.17, 15) is 13.5 Å². The summed E-state index contributed by atoms with van der Waals surface area (Å²) in [6.45, 7) is 0. The molecule has 18 heavy (non-hydrogen) atoms. The molecule has 6 heteroatoms. The number of nitrogens with one attached hydrogen (secondary N) is 1. The number of sulfonamides is 1. The van der Waals surface area contributed by atoms with Crippen LogP contribution in [0.2, 0.25) is 0 Å². The summed E-state index contributed by atoms with van der Waals surface area (Å²) in [6, 6.07) is 6.17. The van der Waals surface area contributed by atoms with Gasteiger partial charge in [0.05, 0.1) is 11.0 Å². The SMILES string of the molecule is O=S(=O)(N[C@H]1CCCC[C@@H]1O)c1cccc(Br)c1. The highest BCUT2D eigenvalue weighted by molar-refractivity contribution is 9.10. The first-order valence-corrected chi connectivity index (χ1v) is 8.22. The van der Waals surface area contributed by atoms with Crippen LogP contribution in [-0.4, -0.2) is 25.7 Å². The van der Waals surface area contributed by atoms with E-state index in [-0.39, 0.29) is 10.9 Å². The monoisotopic (exact) mass is 333 g/mol. The number of halogens is 1. The van der Waals surface area contributed by atoms with Crippen LogP contribution >= 0.6 is 15.9 Å². The van der Waals surface area contributed by atoms with Gasteiger partial charge in [0.1, 0.15) is 0 Å². The van der Waals surface area contributed by atoms with Crippen molar-refractivity contribution in [1.82, 2.24) is 4.72 Å². The van der Waals surface area contributed by atoms with Crippen LogP contribution in [0.25, 0.3) is 0 Å². The molecule has 1 aliphatic rings. The van der Waals surface area contributed by atoms with Crippen molar-refractivity contribution < 1.29 is 13.5 Å². The molecule has 100 valence electrons. The first kappa shape index (κ1) is 14.0. The van der Waals surface area contributed by atoms with E-state index < -0.39 is 16.1 Å². The second-order valence-corrected chi connectivity index (χ2v) is 7.17. The number of benzene rings is 1. The third-order valence-electron chi connectivity index (χ3n) is 3.14. The fourth-order valence-corrected chi connectivity index (χ4v) is 4.05. The molecule has 1 aromatic carbocycles. The van der Waals surface area contributed by atoms with Gasteiger partial charge in [-0.05, 0) is 31.0 Å². The van der Waals surface area contributed by atoms with E-state index in [1.54, 1.807) is 24.3 Å². The summed E-state index contributed by atoms with van der Waals surface area (Å²) >= 11 is 3.25. The van der Waals surface area contributed by atoms with Crippen molar-refractivity contribution in [3.05, 3.63) is 28.7 Å². The number of rotatable bonds is 3. The third-order valence-corrected chi connectivity index (χ3v) is 5.12. The first-order valence-electron chi connectivity index (χ1n) is 5.95. The molecule has 2 N–H and O–H groups in total. The Balaban J connectivity index is 2.16. The predicted octanol–water partition coefficient (Wildman–Crippen LogP) is 2.03. The van der Waals surface area contributed by atoms with Gasteiger partial charge in [0.2, 0.25) is 10.0 Å². The average molecular weight is 334 g/mol. The lowest BCUT2D eigenvalue weighted by Gasteiger charge is -2.28. The summed E-state index contributed by atoms with van der Waals surface area (Å²) in [5.41, 5.74) is 0. The van der Waals surface area contributed by atoms with Gasteiger partial charge in [-0.1, -0.05) is 34.8 Å². The van der Waals surface area contributed by atoms with E-state index >= 15 is 0 Å². The number of hydrogen-bond acceptors (Lipinski definition) is 3. The van der Waals surface area contributed by atoms with E-state index in [1.165, 1.54) is 0 Å². The molecule has 0 bridgehead atoms. The molecule has 0 unspecified atom stereocenters. The summed E-state index contributed by atoms with van der Waals surface area (Å²) in [5.74, 6) is 0. The lowest BCUT2D eigenvalue weighted by atomic mass is 9.93. The Hall–Kier alpha value is -0.430. The molecule has 4 nitrogen and oxygen atoms in total. The van der Waals surface area contributed by atoms with Crippen LogP contribution in [0.4, 0.5) is 0 Å². The molecule has 1 saturated carbocycles. The second kappa shape index (κ2) is 5.69. The fraction of sp³-hybridized carbons (Fsp3) is 0.500. The topological polar surface area (TPSA) is 66.4 Å². The van der Waals surface area contributed by atoms with Gasteiger partial charge in [0.15, 0.2) is 0 Å². The van der Waals surface area contributed by atoms with Gasteiger partial charge in [-0.2, -0.15) is 0 Å². The minimum absolute atomic E-state index is 0.217. The van der Waals surface area contributed by atoms with E-state index in [0.29, 0.717) is 12.8 Å². The van der Waals surface area contributed by atoms with Crippen LogP contribution in [0.5, 0.6) is 0 Å². The van der Waals surface area contributed by atoms with Gasteiger partial charge in [-0.3, -0.25) is 0 Å². The van der Waals surface area contributed by atoms with Gasteiger partial charge in [0.25, 0.3) is 0 Å². The van der Waals surface area contributed by atoms with Gasteiger partial charge < -0.3 is 5.11 Å². The minimum Gasteiger partial charge on any atom is -0.391 e. The Morgan fingerprint density at radius 1 is 1.28 bits per heavy atom. The maximum atomic E-state index is 12.2. The smallest absolute Gasteiger partial charge is 0.240 e. The Morgan fingerprint density at radius 3 is 2.67 bits per heavy atom. The van der Waals surface area contributed by atoms with Crippen molar-refractivity contribution >= 4 is 26.0 Å². The van der Waals surface area contributed by atoms with E-state index in [0.717, 1.165) is 17.3 Å². The van der Waals surface area contributed by atoms with Crippen LogP contribution in [0.3, 0.4) is 0 Å². The number of aliphatic hydroxyl groups excluding tert-OH is 1. The van der Waals surface area contributed by atoms with Crippen molar-refractivity contribution in [2.45, 2.75) is 42.7 Å². The molecule has 0 saturated heterocycles. The van der Waals surface area contributed by atoms with Crippen LogP contribution in [0.15, 0.2) is 33.6 Å². The Morgan fingerprint density at radius 2 is 2.00 bits per heavy atom. The molecule has 2 atom stereocenters. The summed E-state index contributed by atoms with van der Waals surface area (Å²) in [5, 5.41) is 9.80. The zero-order valence-corrected chi connectivity index (χ0v) is 12.2. The number of aliphatic hydroxyl groups is 1. The molecule has 0 spiro atoms. The van der Waals surface area contributed by atoms with Crippen molar-refractivity contribution in [2.24, 2.45) is 0 Å². The molecule has 0 amide bonds. The molecular formula is C12H16BrNO3S. The van der Waals surface area contributed by atoms with Crippen molar-refractivity contribution in [3.8, 4) is 0 Å². The summed E-state index contributed by atoms with van der Waals surface area (Å²) in [7, 11) is -3.56. The molecule has 2 rings (SSSR count). The molecule has 0 aromatic heterocycles. The lowest BCUT2D eigenvalue weighted by Crippen LogP contribution is -2.44. The standard InChI is InChI=1S/C12H16BrNO3S/c13-9-4-3-5-10(8-9)18(16,17)14-11-6-1-2-7-12(11)15/h3-5,8,11-12,14-15H,1-2,6-7H2/t11-,12-/m0/s1. The quantitative estimate of drug-likeness (QED) is 0.889. The highest BCUT2D eigenvalue weighted by Crippen LogP contribution is 2.21. The molecule has 0 aliphatic heterocycles. The maximum Gasteiger partial charge on any atom is 0.240 e. The highest BCUT2D eigenvalue weighted by atomic mass is 79.9. The Bertz CT molecular complexity index is 518. The third kappa shape index (κ3) is 3.32. The lowest BCUT2D eigenvalue weighted by molar-refractivity contribution is 0.101. The Kier molecular flexibility index (Phi) is 4.42. The largest absolute Gasteiger partial charge is 0.391 e. The fourth-order valence-electron chi connectivity index (χ4n) is 2.15. The second-order valence-electron chi connectivity index (χ2n) is 4.54. The zero-order chi connectivity index (χ0) is 13.2. The van der Waals surface area contributed by atoms with Gasteiger partial charge >= 0.3 is 0 Å². The van der Waals surface area contributed by atoms with Crippen LogP contribution in [0, 0.1) is 0 Å². The van der Waals surface area contributed by atoms with Crippen molar-refractivity contribution in [1.29, 1.82) is 0 Å². The zero-order valence-electron chi connectivity index (χ0n) is 9.84. The van der Waals surface area contributed by atoms with E-state index in [1.807, 2.05) is 0 Å². The van der Waals surface area contributed by atoms with Crippen LogP contribution < -0.4 is 4.72 Å². The average Bonchev–Trinajstić information content (AvgIpc) is 2.32. The molecule has 1 fully saturated rings. The Labute approximate surface area is 116 Å². The first-order chi connectivity index (χ1) is 8.49. The molecule has 0 heterocycles. The highest BCUT2D eigenvalue weighted by Gasteiger charge is 2.28. The van der Waals surface area contributed by atoms with E-state index in [2.05, 4.69) is 20.7 Å². The van der Waals surface area contributed by atoms with Crippen LogP contribution in [0.1, 0.15) is 25.7 Å². The van der Waals surface area contributed by atoms with Gasteiger partial charge in [-0.15, -0.1) is 0 Å². The summed E-state index contributed by atoms with van der Waals surface area (Å²) < 4.78 is 27.6.